The Labute approximate surface area is 100.0 Å². The second kappa shape index (κ2) is 3.66. The normalized spacial score (nSPS) is 28.4. The zero-order chi connectivity index (χ0) is 12.1. The van der Waals surface area contributed by atoms with Crippen molar-refractivity contribution in [1.29, 1.82) is 0 Å². The van der Waals surface area contributed by atoms with Crippen LogP contribution < -0.4 is 0 Å². The van der Waals surface area contributed by atoms with Crippen LogP contribution in [0.25, 0.3) is 0 Å². The van der Waals surface area contributed by atoms with Gasteiger partial charge in [-0.1, -0.05) is 20.8 Å². The van der Waals surface area contributed by atoms with Gasteiger partial charge < -0.3 is 0 Å². The van der Waals surface area contributed by atoms with E-state index in [1.165, 1.54) is 5.75 Å². The molecule has 1 aliphatic rings. The summed E-state index contributed by atoms with van der Waals surface area (Å²) in [5.74, 6) is 1.26. The van der Waals surface area contributed by atoms with Gasteiger partial charge in [0.1, 0.15) is 0 Å². The Kier molecular flexibility index (Phi) is 3.27. The summed E-state index contributed by atoms with van der Waals surface area (Å²) in [6.45, 7) is 18.8. The molecule has 0 aliphatic carbocycles. The molecular formula is C13H27NS. The summed E-state index contributed by atoms with van der Waals surface area (Å²) in [4.78, 5) is 2.97. The third-order valence-corrected chi connectivity index (χ3v) is 4.59. The summed E-state index contributed by atoms with van der Waals surface area (Å²) in [6.07, 6.45) is 0. The van der Waals surface area contributed by atoms with E-state index >= 15 is 0 Å². The Balaban J connectivity index is 3.03. The van der Waals surface area contributed by atoms with Gasteiger partial charge in [-0.25, -0.2) is 0 Å². The van der Waals surface area contributed by atoms with Crippen molar-refractivity contribution in [1.82, 2.24) is 4.90 Å². The predicted octanol–water partition coefficient (Wildman–Crippen LogP) is 3.98. The van der Waals surface area contributed by atoms with Crippen molar-refractivity contribution in [3.05, 3.63) is 0 Å². The topological polar surface area (TPSA) is 3.24 Å². The van der Waals surface area contributed by atoms with Crippen LogP contribution in [-0.4, -0.2) is 27.1 Å². The van der Waals surface area contributed by atoms with Gasteiger partial charge in [0.15, 0.2) is 0 Å². The number of hydrogen-bond donors (Lipinski definition) is 0. The maximum Gasteiger partial charge on any atom is 0.0621 e. The maximum atomic E-state index is 2.70. The minimum Gasteiger partial charge on any atom is -0.280 e. The van der Waals surface area contributed by atoms with Crippen molar-refractivity contribution in [2.75, 3.05) is 5.75 Å². The monoisotopic (exact) mass is 229 g/mol. The van der Waals surface area contributed by atoms with Crippen LogP contribution in [-0.2, 0) is 0 Å². The van der Waals surface area contributed by atoms with Crippen molar-refractivity contribution < 1.29 is 0 Å². The summed E-state index contributed by atoms with van der Waals surface area (Å²) in [7, 11) is 0. The lowest BCUT2D eigenvalue weighted by Gasteiger charge is -2.48. The largest absolute Gasteiger partial charge is 0.280 e. The lowest BCUT2D eigenvalue weighted by atomic mass is 9.83. The van der Waals surface area contributed by atoms with Gasteiger partial charge in [-0.3, -0.25) is 4.90 Å². The standard InChI is InChI=1S/C13H27NS/c1-11(2,3)10-9-15-13(7,8)14(10)12(4,5)6/h10H,9H2,1-8H3. The minimum absolute atomic E-state index is 0.255. The van der Waals surface area contributed by atoms with Crippen LogP contribution in [0.3, 0.4) is 0 Å². The smallest absolute Gasteiger partial charge is 0.0621 e. The van der Waals surface area contributed by atoms with Gasteiger partial charge in [0.05, 0.1) is 4.87 Å². The molecule has 0 amide bonds. The molecule has 0 aromatic rings. The van der Waals surface area contributed by atoms with E-state index in [4.69, 9.17) is 0 Å². The van der Waals surface area contributed by atoms with Crippen molar-refractivity contribution in [3.63, 3.8) is 0 Å². The van der Waals surface area contributed by atoms with E-state index in [-0.39, 0.29) is 10.4 Å². The molecule has 0 spiro atoms. The highest BCUT2D eigenvalue weighted by Gasteiger charge is 2.49. The number of thioether (sulfide) groups is 1. The van der Waals surface area contributed by atoms with E-state index in [9.17, 15) is 0 Å². The van der Waals surface area contributed by atoms with Crippen LogP contribution >= 0.6 is 11.8 Å². The molecule has 1 atom stereocenters. The molecule has 0 aromatic carbocycles. The van der Waals surface area contributed by atoms with Crippen LogP contribution in [0, 0.1) is 5.41 Å². The van der Waals surface area contributed by atoms with E-state index in [1.807, 2.05) is 0 Å². The van der Waals surface area contributed by atoms with Gasteiger partial charge in [0.2, 0.25) is 0 Å². The van der Waals surface area contributed by atoms with Crippen LogP contribution in [0.4, 0.5) is 0 Å². The molecule has 1 saturated heterocycles. The fourth-order valence-corrected chi connectivity index (χ4v) is 4.47. The van der Waals surface area contributed by atoms with Gasteiger partial charge >= 0.3 is 0 Å². The first kappa shape index (κ1) is 13.4. The lowest BCUT2D eigenvalue weighted by Crippen LogP contribution is -2.57. The average molecular weight is 229 g/mol. The van der Waals surface area contributed by atoms with Crippen molar-refractivity contribution in [2.45, 2.75) is 71.8 Å². The number of hydrogen-bond acceptors (Lipinski definition) is 2. The van der Waals surface area contributed by atoms with Gasteiger partial charge in [-0.15, -0.1) is 11.8 Å². The summed E-state index contributed by atoms with van der Waals surface area (Å²) in [6, 6.07) is 0.678. The zero-order valence-corrected chi connectivity index (χ0v) is 12.5. The van der Waals surface area contributed by atoms with Crippen molar-refractivity contribution in [2.24, 2.45) is 5.41 Å². The van der Waals surface area contributed by atoms with Crippen molar-refractivity contribution in [3.8, 4) is 0 Å². The molecule has 1 unspecified atom stereocenters. The predicted molar refractivity (Wildman–Crippen MR) is 71.4 cm³/mol. The molecule has 0 saturated carbocycles. The molecular weight excluding hydrogens is 202 g/mol. The first-order chi connectivity index (χ1) is 6.46. The van der Waals surface area contributed by atoms with Gasteiger partial charge in [-0.05, 0) is 40.0 Å². The Morgan fingerprint density at radius 2 is 1.53 bits per heavy atom. The van der Waals surface area contributed by atoms with E-state index < -0.39 is 0 Å². The fraction of sp³-hybridized carbons (Fsp3) is 1.00. The molecule has 1 fully saturated rings. The SMILES string of the molecule is CC(C)(C)C1CSC(C)(C)N1C(C)(C)C. The molecule has 2 heteroatoms. The molecule has 15 heavy (non-hydrogen) atoms. The van der Waals surface area contributed by atoms with Gasteiger partial charge in [0.25, 0.3) is 0 Å². The van der Waals surface area contributed by atoms with E-state index in [1.54, 1.807) is 0 Å². The fourth-order valence-electron chi connectivity index (χ4n) is 2.71. The molecule has 0 aromatic heterocycles. The molecule has 1 nitrogen and oxygen atoms in total. The minimum atomic E-state index is 0.255. The molecule has 0 N–H and O–H groups in total. The molecule has 0 radical (unpaired) electrons. The van der Waals surface area contributed by atoms with Gasteiger partial charge in [-0.2, -0.15) is 0 Å². The van der Waals surface area contributed by atoms with Crippen LogP contribution in [0.1, 0.15) is 55.4 Å². The quantitative estimate of drug-likeness (QED) is 0.618. The highest BCUT2D eigenvalue weighted by molar-refractivity contribution is 8.00. The first-order valence-electron chi connectivity index (χ1n) is 5.90. The maximum absolute atomic E-state index is 2.70. The molecule has 1 rings (SSSR count). The zero-order valence-electron chi connectivity index (χ0n) is 11.6. The lowest BCUT2D eigenvalue weighted by molar-refractivity contribution is 0.00657. The van der Waals surface area contributed by atoms with Crippen molar-refractivity contribution >= 4 is 11.8 Å². The summed E-state index contributed by atoms with van der Waals surface area (Å²) in [5.41, 5.74) is 0.624. The third-order valence-electron chi connectivity index (χ3n) is 3.21. The first-order valence-corrected chi connectivity index (χ1v) is 6.88. The number of nitrogens with zero attached hydrogens (tertiary/aromatic N) is 1. The molecule has 1 aliphatic heterocycles. The van der Waals surface area contributed by atoms with Crippen LogP contribution in [0.2, 0.25) is 0 Å². The summed E-state index contributed by atoms with van der Waals surface area (Å²) in [5, 5.41) is 0. The Bertz CT molecular complexity index is 232. The molecule has 1 heterocycles. The highest BCUT2D eigenvalue weighted by Crippen LogP contribution is 2.48. The third kappa shape index (κ3) is 2.71. The second-order valence-corrected chi connectivity index (χ2v) is 8.80. The average Bonchev–Trinajstić information content (AvgIpc) is 2.21. The second-order valence-electron chi connectivity index (χ2n) is 7.18. The Morgan fingerprint density at radius 3 is 1.80 bits per heavy atom. The summed E-state index contributed by atoms with van der Waals surface area (Å²) < 4.78 is 0. The Hall–Kier alpha value is 0.310. The van der Waals surface area contributed by atoms with Crippen LogP contribution in [0.5, 0.6) is 0 Å². The van der Waals surface area contributed by atoms with Crippen LogP contribution in [0.15, 0.2) is 0 Å². The van der Waals surface area contributed by atoms with E-state index in [0.717, 1.165) is 0 Å². The highest BCUT2D eigenvalue weighted by atomic mass is 32.2. The number of rotatable bonds is 0. The summed E-state index contributed by atoms with van der Waals surface area (Å²) >= 11 is 2.10. The van der Waals surface area contributed by atoms with E-state index in [2.05, 4.69) is 72.1 Å². The Morgan fingerprint density at radius 1 is 1.07 bits per heavy atom. The molecule has 90 valence electrons. The van der Waals surface area contributed by atoms with E-state index in [0.29, 0.717) is 11.5 Å². The molecule has 0 bridgehead atoms. The van der Waals surface area contributed by atoms with Gasteiger partial charge in [0, 0.05) is 17.3 Å².